The standard InChI is InChI=1S/C34H30N4O2/c1-3-21-37(34(40)36-30-18-10-14-25-12-6-7-15-28(25)30)23(2)32-35-31-17-9-8-16-29(31)33(39)38(32)27-20-19-24-11-4-5-13-26(24)22-27/h4-20,22-23H,3,21H2,1-2H3,(H,36,40). The molecule has 40 heavy (non-hydrogen) atoms. The van der Waals surface area contributed by atoms with Crippen molar-refractivity contribution < 1.29 is 4.79 Å². The normalized spacial score (nSPS) is 12.1. The molecule has 1 unspecified atom stereocenters. The van der Waals surface area contributed by atoms with E-state index in [1.54, 1.807) is 15.5 Å². The Morgan fingerprint density at radius 1 is 0.825 bits per heavy atom. The van der Waals surface area contributed by atoms with Gasteiger partial charge in [-0.15, -0.1) is 0 Å². The number of nitrogens with zero attached hydrogens (tertiary/aromatic N) is 3. The van der Waals surface area contributed by atoms with Gasteiger partial charge in [-0.1, -0.05) is 85.8 Å². The Morgan fingerprint density at radius 3 is 2.30 bits per heavy atom. The van der Waals surface area contributed by atoms with Crippen LogP contribution in [0.15, 0.2) is 114 Å². The molecule has 5 aromatic carbocycles. The lowest BCUT2D eigenvalue weighted by molar-refractivity contribution is 0.189. The van der Waals surface area contributed by atoms with Crippen LogP contribution in [0.2, 0.25) is 0 Å². The van der Waals surface area contributed by atoms with Crippen molar-refractivity contribution in [3.05, 3.63) is 125 Å². The number of carbonyl (C=O) groups excluding carboxylic acids is 1. The number of anilines is 1. The van der Waals surface area contributed by atoms with E-state index in [0.29, 0.717) is 23.3 Å². The maximum absolute atomic E-state index is 14.0. The summed E-state index contributed by atoms with van der Waals surface area (Å²) in [7, 11) is 0. The molecule has 6 rings (SSSR count). The summed E-state index contributed by atoms with van der Waals surface area (Å²) < 4.78 is 1.66. The minimum absolute atomic E-state index is 0.159. The number of hydrogen-bond donors (Lipinski definition) is 1. The Hall–Kier alpha value is -4.97. The number of carbonyl (C=O) groups is 1. The van der Waals surface area contributed by atoms with Crippen LogP contribution in [0.4, 0.5) is 10.5 Å². The molecule has 0 spiro atoms. The number of benzene rings is 5. The van der Waals surface area contributed by atoms with Crippen molar-refractivity contribution in [3.63, 3.8) is 0 Å². The third-order valence-electron chi connectivity index (χ3n) is 7.39. The first-order valence-electron chi connectivity index (χ1n) is 13.6. The van der Waals surface area contributed by atoms with Crippen LogP contribution in [0.25, 0.3) is 38.1 Å². The number of urea groups is 1. The summed E-state index contributed by atoms with van der Waals surface area (Å²) >= 11 is 0. The highest BCUT2D eigenvalue weighted by molar-refractivity contribution is 6.01. The van der Waals surface area contributed by atoms with Gasteiger partial charge in [0.1, 0.15) is 5.82 Å². The van der Waals surface area contributed by atoms with Gasteiger partial charge in [0.15, 0.2) is 0 Å². The average molecular weight is 527 g/mol. The minimum Gasteiger partial charge on any atom is -0.315 e. The first kappa shape index (κ1) is 25.3. The summed E-state index contributed by atoms with van der Waals surface area (Å²) in [6.07, 6.45) is 0.751. The molecule has 0 aliphatic rings. The van der Waals surface area contributed by atoms with Gasteiger partial charge in [-0.05, 0) is 59.8 Å². The van der Waals surface area contributed by atoms with Gasteiger partial charge >= 0.3 is 6.03 Å². The van der Waals surface area contributed by atoms with E-state index in [1.807, 2.05) is 117 Å². The van der Waals surface area contributed by atoms with Crippen molar-refractivity contribution in [3.8, 4) is 5.69 Å². The van der Waals surface area contributed by atoms with Crippen LogP contribution in [-0.2, 0) is 0 Å². The van der Waals surface area contributed by atoms with Gasteiger partial charge in [0, 0.05) is 11.9 Å². The van der Waals surface area contributed by atoms with Crippen LogP contribution in [0.5, 0.6) is 0 Å². The molecule has 0 saturated heterocycles. The van der Waals surface area contributed by atoms with Crippen LogP contribution < -0.4 is 10.9 Å². The smallest absolute Gasteiger partial charge is 0.315 e. The van der Waals surface area contributed by atoms with Crippen molar-refractivity contribution >= 4 is 44.2 Å². The number of hydrogen-bond acceptors (Lipinski definition) is 3. The first-order valence-corrected chi connectivity index (χ1v) is 13.6. The highest BCUT2D eigenvalue weighted by Crippen LogP contribution is 2.28. The van der Waals surface area contributed by atoms with Crippen molar-refractivity contribution in [2.24, 2.45) is 0 Å². The molecule has 0 fully saturated rings. The number of nitrogens with one attached hydrogen (secondary N) is 1. The van der Waals surface area contributed by atoms with Crippen molar-refractivity contribution in [2.45, 2.75) is 26.3 Å². The Morgan fingerprint density at radius 2 is 1.50 bits per heavy atom. The lowest BCUT2D eigenvalue weighted by Gasteiger charge is -2.30. The van der Waals surface area contributed by atoms with Crippen molar-refractivity contribution in [1.29, 1.82) is 0 Å². The van der Waals surface area contributed by atoms with Gasteiger partial charge in [0.05, 0.1) is 28.3 Å². The van der Waals surface area contributed by atoms with E-state index in [4.69, 9.17) is 4.98 Å². The number of fused-ring (bicyclic) bond motifs is 3. The number of aromatic nitrogens is 2. The second-order valence-electron chi connectivity index (χ2n) is 9.99. The van der Waals surface area contributed by atoms with Gasteiger partial charge in [0.2, 0.25) is 0 Å². The van der Waals surface area contributed by atoms with E-state index in [9.17, 15) is 9.59 Å². The SMILES string of the molecule is CCCN(C(=O)Nc1cccc2ccccc12)C(C)c1nc2ccccc2c(=O)n1-c1ccc2ccccc2c1. The molecule has 198 valence electrons. The van der Waals surface area contributed by atoms with Crippen LogP contribution in [0, 0.1) is 0 Å². The fraction of sp³-hybridized carbons (Fsp3) is 0.147. The van der Waals surface area contributed by atoms with Crippen LogP contribution in [0.3, 0.4) is 0 Å². The fourth-order valence-corrected chi connectivity index (χ4v) is 5.37. The van der Waals surface area contributed by atoms with E-state index in [2.05, 4.69) is 5.32 Å². The zero-order valence-electron chi connectivity index (χ0n) is 22.5. The Kier molecular flexibility index (Phi) is 6.74. The lowest BCUT2D eigenvalue weighted by atomic mass is 10.1. The van der Waals surface area contributed by atoms with Crippen LogP contribution in [-0.4, -0.2) is 27.0 Å². The summed E-state index contributed by atoms with van der Waals surface area (Å²) in [6.45, 7) is 4.47. The minimum atomic E-state index is -0.487. The van der Waals surface area contributed by atoms with E-state index in [-0.39, 0.29) is 11.6 Å². The maximum Gasteiger partial charge on any atom is 0.322 e. The summed E-state index contributed by atoms with van der Waals surface area (Å²) in [5.41, 5.74) is 1.91. The maximum atomic E-state index is 14.0. The zero-order chi connectivity index (χ0) is 27.6. The number of para-hydroxylation sites is 1. The third-order valence-corrected chi connectivity index (χ3v) is 7.39. The molecule has 0 radical (unpaired) electrons. The van der Waals surface area contributed by atoms with Crippen molar-refractivity contribution in [1.82, 2.24) is 14.5 Å². The molecule has 6 heteroatoms. The second-order valence-corrected chi connectivity index (χ2v) is 9.99. The largest absolute Gasteiger partial charge is 0.322 e. The lowest BCUT2D eigenvalue weighted by Crippen LogP contribution is -2.40. The molecule has 1 aromatic heterocycles. The summed E-state index contributed by atoms with van der Waals surface area (Å²) in [6, 6.07) is 34.5. The molecule has 6 nitrogen and oxygen atoms in total. The third kappa shape index (κ3) is 4.58. The van der Waals surface area contributed by atoms with Gasteiger partial charge in [-0.3, -0.25) is 9.36 Å². The molecule has 0 bridgehead atoms. The van der Waals surface area contributed by atoms with Gasteiger partial charge in [0.25, 0.3) is 5.56 Å². The highest BCUT2D eigenvalue weighted by Gasteiger charge is 2.27. The molecule has 1 heterocycles. The number of rotatable bonds is 6. The van der Waals surface area contributed by atoms with E-state index in [1.165, 1.54) is 0 Å². The first-order chi connectivity index (χ1) is 19.5. The number of amides is 2. The molecule has 0 aliphatic carbocycles. The molecule has 6 aromatic rings. The second kappa shape index (κ2) is 10.7. The Bertz CT molecular complexity index is 1920. The predicted octanol–water partition coefficient (Wildman–Crippen LogP) is 7.70. The fourth-order valence-electron chi connectivity index (χ4n) is 5.37. The topological polar surface area (TPSA) is 67.2 Å². The van der Waals surface area contributed by atoms with Crippen LogP contribution >= 0.6 is 0 Å². The molecule has 2 amide bonds. The summed E-state index contributed by atoms with van der Waals surface area (Å²) in [4.78, 5) is 34.5. The molecule has 1 atom stereocenters. The van der Waals surface area contributed by atoms with Gasteiger partial charge < -0.3 is 10.2 Å². The van der Waals surface area contributed by atoms with Gasteiger partial charge in [-0.25, -0.2) is 9.78 Å². The van der Waals surface area contributed by atoms with Gasteiger partial charge in [-0.2, -0.15) is 0 Å². The summed E-state index contributed by atoms with van der Waals surface area (Å²) in [5, 5.41) is 7.80. The zero-order valence-corrected chi connectivity index (χ0v) is 22.5. The van der Waals surface area contributed by atoms with E-state index < -0.39 is 6.04 Å². The quantitative estimate of drug-likeness (QED) is 0.242. The molecule has 1 N–H and O–H groups in total. The monoisotopic (exact) mass is 526 g/mol. The van der Waals surface area contributed by atoms with Crippen LogP contribution in [0.1, 0.15) is 32.1 Å². The highest BCUT2D eigenvalue weighted by atomic mass is 16.2. The predicted molar refractivity (Wildman–Crippen MR) is 163 cm³/mol. The molecular weight excluding hydrogens is 496 g/mol. The van der Waals surface area contributed by atoms with E-state index in [0.717, 1.165) is 39.3 Å². The summed E-state index contributed by atoms with van der Waals surface area (Å²) in [5.74, 6) is 0.514. The van der Waals surface area contributed by atoms with E-state index >= 15 is 0 Å². The van der Waals surface area contributed by atoms with Crippen molar-refractivity contribution in [2.75, 3.05) is 11.9 Å². The Balaban J connectivity index is 1.47. The Labute approximate surface area is 232 Å². The average Bonchev–Trinajstić information content (AvgIpc) is 2.99. The molecule has 0 aliphatic heterocycles. The molecular formula is C34H30N4O2. The molecule has 0 saturated carbocycles.